The second kappa shape index (κ2) is 3.16. The third kappa shape index (κ3) is 2.21. The Balaban J connectivity index is 3.47. The van der Waals surface area contributed by atoms with Gasteiger partial charge < -0.3 is 5.73 Å². The van der Waals surface area contributed by atoms with E-state index in [4.69, 9.17) is 9.85 Å². The molecule has 2 N–H and O–H groups in total. The molecule has 38 valence electrons. The minimum absolute atomic E-state index is 0.128. The van der Waals surface area contributed by atoms with Gasteiger partial charge in [-0.3, -0.25) is 0 Å². The fourth-order valence-electron chi connectivity index (χ4n) is 0.144. The third-order valence-corrected chi connectivity index (χ3v) is 0.787. The van der Waals surface area contributed by atoms with Crippen LogP contribution < -0.4 is 5.73 Å². The van der Waals surface area contributed by atoms with Crippen molar-refractivity contribution < 1.29 is 4.11 Å². The zero-order valence-electron chi connectivity index (χ0n) is 7.07. The van der Waals surface area contributed by atoms with E-state index in [0.29, 0.717) is 0 Å². The normalized spacial score (nSPS) is 24.0. The molecule has 0 saturated carbocycles. The molecule has 1 unspecified atom stereocenters. The van der Waals surface area contributed by atoms with E-state index in [2.05, 4.69) is 0 Å². The summed E-state index contributed by atoms with van der Waals surface area (Å²) < 4.78 is 20.5. The second-order valence-corrected chi connectivity index (χ2v) is 1.37. The maximum Gasteiger partial charge on any atom is 0.0231 e. The Labute approximate surface area is 43.8 Å². The van der Waals surface area contributed by atoms with Gasteiger partial charge in [-0.15, -0.1) is 0 Å². The Hall–Kier alpha value is -0.0400. The molecule has 0 bridgehead atoms. The standard InChI is InChI=1S/C5H13N/c1-3-5(6)4-2/h5H,3-4,6H2,1-2H3/i1D3. The summed E-state index contributed by atoms with van der Waals surface area (Å²) in [6, 6.07) is -0.169. The van der Waals surface area contributed by atoms with Crippen LogP contribution >= 0.6 is 0 Å². The van der Waals surface area contributed by atoms with Crippen LogP contribution in [-0.4, -0.2) is 6.04 Å². The Morgan fingerprint density at radius 1 is 1.83 bits per heavy atom. The van der Waals surface area contributed by atoms with Crippen molar-refractivity contribution in [2.75, 3.05) is 0 Å². The number of rotatable bonds is 2. The zero-order valence-corrected chi connectivity index (χ0v) is 4.07. The van der Waals surface area contributed by atoms with E-state index in [1.807, 2.05) is 6.92 Å². The summed E-state index contributed by atoms with van der Waals surface area (Å²) in [5.41, 5.74) is 5.40. The molecule has 1 nitrogen and oxygen atoms in total. The summed E-state index contributed by atoms with van der Waals surface area (Å²) >= 11 is 0. The molecule has 0 spiro atoms. The van der Waals surface area contributed by atoms with Crippen LogP contribution in [0.4, 0.5) is 0 Å². The minimum Gasteiger partial charge on any atom is -0.328 e. The fourth-order valence-corrected chi connectivity index (χ4v) is 0.144. The molecule has 1 atom stereocenters. The Kier molecular flexibility index (Phi) is 1.22. The lowest BCUT2D eigenvalue weighted by Crippen LogP contribution is -2.16. The quantitative estimate of drug-likeness (QED) is 0.540. The fraction of sp³-hybridized carbons (Fsp3) is 1.00. The van der Waals surface area contributed by atoms with E-state index >= 15 is 0 Å². The highest BCUT2D eigenvalue weighted by molar-refractivity contribution is 4.51. The van der Waals surface area contributed by atoms with E-state index in [1.165, 1.54) is 0 Å². The zero-order chi connectivity index (χ0) is 7.49. The summed E-state index contributed by atoms with van der Waals surface area (Å²) in [7, 11) is 0. The van der Waals surface area contributed by atoms with Crippen molar-refractivity contribution in [1.29, 1.82) is 0 Å². The summed E-state index contributed by atoms with van der Waals surface area (Å²) in [5.74, 6) is 0. The predicted molar refractivity (Wildman–Crippen MR) is 28.6 cm³/mol. The van der Waals surface area contributed by atoms with Crippen LogP contribution in [0.5, 0.6) is 0 Å². The molecule has 0 aromatic heterocycles. The average molecular weight is 90.2 g/mol. The highest BCUT2D eigenvalue weighted by atomic mass is 14.6. The molecule has 0 aliphatic heterocycles. The van der Waals surface area contributed by atoms with Crippen LogP contribution in [0.2, 0.25) is 0 Å². The first-order valence-corrected chi connectivity index (χ1v) is 2.21. The average Bonchev–Trinajstić information content (AvgIpc) is 1.62. The molecule has 0 aromatic carbocycles. The number of hydrogen-bond donors (Lipinski definition) is 1. The largest absolute Gasteiger partial charge is 0.328 e. The number of nitrogens with two attached hydrogens (primary N) is 1. The van der Waals surface area contributed by atoms with Gasteiger partial charge in [0.05, 0.1) is 0 Å². The van der Waals surface area contributed by atoms with Gasteiger partial charge in [-0.25, -0.2) is 0 Å². The van der Waals surface area contributed by atoms with Gasteiger partial charge in [-0.05, 0) is 12.8 Å². The molecular formula is C5H13N. The number of hydrogen-bond acceptors (Lipinski definition) is 1. The van der Waals surface area contributed by atoms with E-state index in [0.717, 1.165) is 6.42 Å². The molecule has 0 heterocycles. The lowest BCUT2D eigenvalue weighted by Gasteiger charge is -1.99. The van der Waals surface area contributed by atoms with Gasteiger partial charge in [0.25, 0.3) is 0 Å². The maximum absolute atomic E-state index is 6.82. The summed E-state index contributed by atoms with van der Waals surface area (Å²) in [6.07, 6.45) is 0.863. The van der Waals surface area contributed by atoms with Crippen LogP contribution in [0.3, 0.4) is 0 Å². The summed E-state index contributed by atoms with van der Waals surface area (Å²) in [6.45, 7) is 0.0336. The molecule has 0 aliphatic carbocycles. The highest BCUT2D eigenvalue weighted by Gasteiger charge is 1.88. The van der Waals surface area contributed by atoms with Gasteiger partial charge in [-0.1, -0.05) is 13.8 Å². The van der Waals surface area contributed by atoms with Crippen molar-refractivity contribution in [3.05, 3.63) is 0 Å². The summed E-state index contributed by atoms with van der Waals surface area (Å²) in [5, 5.41) is 0. The van der Waals surface area contributed by atoms with E-state index < -0.39 is 6.85 Å². The van der Waals surface area contributed by atoms with Crippen molar-refractivity contribution in [3.8, 4) is 0 Å². The Morgan fingerprint density at radius 3 is 2.67 bits per heavy atom. The van der Waals surface area contributed by atoms with Crippen LogP contribution in [0.1, 0.15) is 30.7 Å². The van der Waals surface area contributed by atoms with Crippen LogP contribution in [-0.2, 0) is 0 Å². The van der Waals surface area contributed by atoms with Crippen molar-refractivity contribution >= 4 is 0 Å². The van der Waals surface area contributed by atoms with Gasteiger partial charge >= 0.3 is 0 Å². The molecule has 6 heavy (non-hydrogen) atoms. The first-order valence-electron chi connectivity index (χ1n) is 3.71. The predicted octanol–water partition coefficient (Wildman–Crippen LogP) is 1.13. The smallest absolute Gasteiger partial charge is 0.0231 e. The topological polar surface area (TPSA) is 26.0 Å². The molecular weight excluding hydrogens is 74.1 g/mol. The second-order valence-electron chi connectivity index (χ2n) is 1.37. The van der Waals surface area contributed by atoms with Crippen molar-refractivity contribution in [2.45, 2.75) is 32.7 Å². The molecule has 0 aromatic rings. The van der Waals surface area contributed by atoms with Crippen molar-refractivity contribution in [1.82, 2.24) is 0 Å². The van der Waals surface area contributed by atoms with Gasteiger partial charge in [0.2, 0.25) is 0 Å². The molecule has 0 amide bonds. The third-order valence-electron chi connectivity index (χ3n) is 0.787. The van der Waals surface area contributed by atoms with Crippen LogP contribution in [0.25, 0.3) is 0 Å². The lowest BCUT2D eigenvalue weighted by molar-refractivity contribution is 0.629. The molecule has 0 saturated heterocycles. The minimum atomic E-state index is -1.85. The monoisotopic (exact) mass is 90.1 g/mol. The van der Waals surface area contributed by atoms with Crippen LogP contribution in [0, 0.1) is 0 Å². The van der Waals surface area contributed by atoms with Gasteiger partial charge in [0.15, 0.2) is 0 Å². The van der Waals surface area contributed by atoms with Gasteiger partial charge in [0, 0.05) is 10.2 Å². The van der Waals surface area contributed by atoms with Crippen LogP contribution in [0.15, 0.2) is 0 Å². The molecule has 0 fully saturated rings. The lowest BCUT2D eigenvalue weighted by atomic mass is 10.2. The van der Waals surface area contributed by atoms with Crippen molar-refractivity contribution in [3.63, 3.8) is 0 Å². The molecule has 0 aliphatic rings. The molecule has 1 heteroatoms. The highest BCUT2D eigenvalue weighted by Crippen LogP contribution is 1.88. The molecule has 0 radical (unpaired) electrons. The Bertz CT molecular complexity index is 78.8. The first-order chi connectivity index (χ1) is 3.95. The SMILES string of the molecule is [2H]C([2H])([2H])CC(N)CC. The molecule has 0 rings (SSSR count). The maximum atomic E-state index is 6.82. The van der Waals surface area contributed by atoms with E-state index in [9.17, 15) is 0 Å². The first kappa shape index (κ1) is 2.31. The van der Waals surface area contributed by atoms with Gasteiger partial charge in [0.1, 0.15) is 0 Å². The van der Waals surface area contributed by atoms with E-state index in [1.54, 1.807) is 0 Å². The van der Waals surface area contributed by atoms with E-state index in [-0.39, 0.29) is 12.5 Å². The summed E-state index contributed by atoms with van der Waals surface area (Å²) in [4.78, 5) is 0. The Morgan fingerprint density at radius 2 is 2.50 bits per heavy atom. The van der Waals surface area contributed by atoms with Gasteiger partial charge in [-0.2, -0.15) is 0 Å². The van der Waals surface area contributed by atoms with Crippen molar-refractivity contribution in [2.24, 2.45) is 5.73 Å².